The summed E-state index contributed by atoms with van der Waals surface area (Å²) in [6.07, 6.45) is -9.94. The zero-order valence-corrected chi connectivity index (χ0v) is 22.9. The van der Waals surface area contributed by atoms with Crippen molar-refractivity contribution in [3.63, 3.8) is 0 Å². The first-order valence-electron chi connectivity index (χ1n) is 12.4. The van der Waals surface area contributed by atoms with Gasteiger partial charge in [0.05, 0.1) is 32.2 Å². The Kier molecular flexibility index (Phi) is 7.58. The number of rotatable bonds is 8. The van der Waals surface area contributed by atoms with Crippen LogP contribution in [0.1, 0.15) is 24.3 Å². The quantitative estimate of drug-likeness (QED) is 0.139. The minimum atomic E-state index is -4.33. The lowest BCUT2D eigenvalue weighted by Crippen LogP contribution is -2.33. The molecule has 228 valence electrons. The highest BCUT2D eigenvalue weighted by atomic mass is 32.5. The maximum Gasteiger partial charge on any atom is 0.325 e. The van der Waals surface area contributed by atoms with Crippen LogP contribution in [0.2, 0.25) is 0 Å². The van der Waals surface area contributed by atoms with Gasteiger partial charge in [0, 0.05) is 0 Å². The minimum absolute atomic E-state index is 0.0845. The van der Waals surface area contributed by atoms with Crippen LogP contribution >= 0.6 is 6.72 Å². The van der Waals surface area contributed by atoms with Crippen molar-refractivity contribution in [2.45, 2.75) is 55.4 Å². The van der Waals surface area contributed by atoms with Gasteiger partial charge in [0.1, 0.15) is 42.1 Å². The van der Waals surface area contributed by atoms with Gasteiger partial charge in [0.15, 0.2) is 36.0 Å². The van der Waals surface area contributed by atoms with Crippen molar-refractivity contribution in [3.05, 3.63) is 28.7 Å². The summed E-state index contributed by atoms with van der Waals surface area (Å²) in [4.78, 5) is 41.3. The van der Waals surface area contributed by atoms with Crippen LogP contribution in [-0.2, 0) is 30.3 Å². The van der Waals surface area contributed by atoms with Gasteiger partial charge in [-0.2, -0.15) is 4.98 Å². The van der Waals surface area contributed by atoms with Crippen molar-refractivity contribution in [2.75, 3.05) is 24.3 Å². The van der Waals surface area contributed by atoms with Crippen molar-refractivity contribution >= 4 is 47.8 Å². The molecule has 3 aromatic rings. The number of H-pyrrole nitrogens is 1. The predicted molar refractivity (Wildman–Crippen MR) is 142 cm³/mol. The van der Waals surface area contributed by atoms with Crippen LogP contribution in [0.4, 0.5) is 20.5 Å². The van der Waals surface area contributed by atoms with E-state index in [1.807, 2.05) is 0 Å². The number of aliphatic hydroxyl groups is 2. The number of halogens is 2. The zero-order chi connectivity index (χ0) is 29.9. The van der Waals surface area contributed by atoms with E-state index in [1.165, 1.54) is 17.2 Å². The molecule has 10 atom stereocenters. The average Bonchev–Trinajstić information content (AvgIpc) is 3.69. The molecular formula is C20H25F2N10O8PS. The molecule has 22 heteroatoms. The highest BCUT2D eigenvalue weighted by molar-refractivity contribution is 8.07. The first kappa shape index (κ1) is 29.1. The normalized spacial score (nSPS) is 34.0. The van der Waals surface area contributed by atoms with Gasteiger partial charge in [-0.05, 0) is 11.8 Å². The number of anilines is 2. The van der Waals surface area contributed by atoms with E-state index >= 15 is 8.78 Å². The maximum atomic E-state index is 15.3. The molecule has 0 spiro atoms. The van der Waals surface area contributed by atoms with E-state index in [4.69, 9.17) is 41.8 Å². The second kappa shape index (κ2) is 10.9. The molecule has 2 saturated heterocycles. The Balaban J connectivity index is 1.17. The molecule has 9 N–H and O–H groups in total. The van der Waals surface area contributed by atoms with E-state index in [2.05, 4.69) is 30.2 Å². The SMILES string of the molecule is Nc1nc2c(ncn2[C@@H]2O[C@H](CO)[C@@H](F)[C@H]2OP(O)(=S)OC[C@H]2O[C@@H](n3cnc4c3NC=NC4N)[C@@H](F)[C@@H]2O)c(=O)[nH]1. The van der Waals surface area contributed by atoms with Crippen molar-refractivity contribution in [1.29, 1.82) is 0 Å². The highest BCUT2D eigenvalue weighted by Crippen LogP contribution is 2.51. The molecule has 6 heterocycles. The van der Waals surface area contributed by atoms with Crippen LogP contribution in [-0.4, -0.2) is 100 Å². The smallest absolute Gasteiger partial charge is 0.325 e. The Morgan fingerprint density at radius 1 is 1.17 bits per heavy atom. The number of hydrogen-bond acceptors (Lipinski definition) is 15. The standard InChI is InChI=1S/C20H25F2N10O8PS/c21-8-6(1-33)38-19(32-5-28-11-16(32)29-20(24)30-17(11)35)13(8)40-41(36,42)37-2-7-12(34)9(22)18(39-7)31-4-27-10-14(23)25-3-26-15(10)31/h3-9,12-14,18-19,33-34H,1-2,23H2,(H,25,26)(H,36,42)(H3,24,29,30,35)/t6-,7-,8-,9+,12-,13-,14?,18-,19-,41?/m1/s1. The highest BCUT2D eigenvalue weighted by Gasteiger charge is 2.51. The predicted octanol–water partition coefficient (Wildman–Crippen LogP) is -1.55. The van der Waals surface area contributed by atoms with Crippen molar-refractivity contribution in [3.8, 4) is 0 Å². The Morgan fingerprint density at radius 2 is 1.90 bits per heavy atom. The molecule has 42 heavy (non-hydrogen) atoms. The van der Waals surface area contributed by atoms with Crippen LogP contribution < -0.4 is 22.3 Å². The molecule has 3 aliphatic heterocycles. The van der Waals surface area contributed by atoms with Crippen LogP contribution in [0, 0.1) is 0 Å². The summed E-state index contributed by atoms with van der Waals surface area (Å²) in [5.74, 6) is 0.0675. The van der Waals surface area contributed by atoms with Crippen LogP contribution in [0.15, 0.2) is 22.4 Å². The average molecular weight is 635 g/mol. The summed E-state index contributed by atoms with van der Waals surface area (Å²) < 4.78 is 54.9. The number of alkyl halides is 2. The van der Waals surface area contributed by atoms with Crippen LogP contribution in [0.5, 0.6) is 0 Å². The van der Waals surface area contributed by atoms with Crippen LogP contribution in [0.25, 0.3) is 11.2 Å². The molecule has 2 unspecified atom stereocenters. The number of nitrogens with two attached hydrogens (primary N) is 2. The molecular weight excluding hydrogens is 609 g/mol. The Hall–Kier alpha value is -2.98. The third-order valence-corrected chi connectivity index (χ3v) is 8.49. The van der Waals surface area contributed by atoms with E-state index < -0.39 is 80.9 Å². The number of aromatic nitrogens is 6. The first-order valence-corrected chi connectivity index (χ1v) is 14.9. The number of nitrogen functional groups attached to an aromatic ring is 1. The number of aromatic amines is 1. The third-order valence-electron chi connectivity index (χ3n) is 6.93. The second-order valence-corrected chi connectivity index (χ2v) is 12.3. The molecule has 3 aromatic heterocycles. The lowest BCUT2D eigenvalue weighted by Gasteiger charge is -2.26. The molecule has 0 amide bonds. The topological polar surface area (TPSA) is 255 Å². The fourth-order valence-corrected chi connectivity index (χ4v) is 6.31. The molecule has 0 saturated carbocycles. The van der Waals surface area contributed by atoms with Gasteiger partial charge < -0.3 is 45.9 Å². The van der Waals surface area contributed by atoms with Gasteiger partial charge in [-0.15, -0.1) is 0 Å². The van der Waals surface area contributed by atoms with E-state index in [-0.39, 0.29) is 17.1 Å². The lowest BCUT2D eigenvalue weighted by molar-refractivity contribution is -0.0555. The molecule has 2 fully saturated rings. The number of aliphatic imine (C=N–C) groups is 1. The molecule has 3 aliphatic rings. The van der Waals surface area contributed by atoms with Gasteiger partial charge in [-0.1, -0.05) is 0 Å². The van der Waals surface area contributed by atoms with E-state index in [0.717, 1.165) is 10.9 Å². The minimum Gasteiger partial charge on any atom is -0.394 e. The van der Waals surface area contributed by atoms with Gasteiger partial charge in [-0.25, -0.2) is 18.7 Å². The van der Waals surface area contributed by atoms with E-state index in [9.17, 15) is 19.9 Å². The fourth-order valence-electron chi connectivity index (χ4n) is 4.91. The monoisotopic (exact) mass is 634 g/mol. The number of hydrogen-bond donors (Lipinski definition) is 7. The van der Waals surface area contributed by atoms with Gasteiger partial charge in [0.2, 0.25) is 5.95 Å². The summed E-state index contributed by atoms with van der Waals surface area (Å²) in [7, 11) is 0. The molecule has 0 aromatic carbocycles. The van der Waals surface area contributed by atoms with Gasteiger partial charge >= 0.3 is 6.72 Å². The third kappa shape index (κ3) is 5.00. The molecule has 0 aliphatic carbocycles. The lowest BCUT2D eigenvalue weighted by atomic mass is 10.1. The number of ether oxygens (including phenoxy) is 2. The van der Waals surface area contributed by atoms with Crippen LogP contribution in [0.3, 0.4) is 0 Å². The first-order chi connectivity index (χ1) is 20.0. The molecule has 6 rings (SSSR count). The van der Waals surface area contributed by atoms with E-state index in [0.29, 0.717) is 11.5 Å². The summed E-state index contributed by atoms with van der Waals surface area (Å²) in [5, 5.41) is 22.9. The zero-order valence-electron chi connectivity index (χ0n) is 21.2. The van der Waals surface area contributed by atoms with Gasteiger partial charge in [-0.3, -0.25) is 28.4 Å². The number of aliphatic hydroxyl groups excluding tert-OH is 2. The van der Waals surface area contributed by atoms with Gasteiger partial charge in [0.25, 0.3) is 5.56 Å². The fraction of sp³-hybridized carbons (Fsp3) is 0.550. The Bertz CT molecular complexity index is 1620. The second-order valence-electron chi connectivity index (χ2n) is 9.55. The summed E-state index contributed by atoms with van der Waals surface area (Å²) in [5.41, 5.74) is 10.9. The number of nitrogens with zero attached hydrogens (tertiary/aromatic N) is 6. The molecule has 0 radical (unpaired) electrons. The number of nitrogens with one attached hydrogen (secondary N) is 2. The molecule has 0 bridgehead atoms. The number of fused-ring (bicyclic) bond motifs is 2. The summed E-state index contributed by atoms with van der Waals surface area (Å²) >= 11 is 5.07. The molecule has 18 nitrogen and oxygen atoms in total. The Morgan fingerprint density at radius 3 is 2.67 bits per heavy atom. The van der Waals surface area contributed by atoms with Crippen molar-refractivity contribution < 1.29 is 42.4 Å². The summed E-state index contributed by atoms with van der Waals surface area (Å²) in [6, 6.07) is 0. The van der Waals surface area contributed by atoms with E-state index in [1.54, 1.807) is 0 Å². The summed E-state index contributed by atoms with van der Waals surface area (Å²) in [6.45, 7) is -5.74. The number of imidazole rings is 2. The van der Waals surface area contributed by atoms with Crippen molar-refractivity contribution in [2.24, 2.45) is 10.7 Å². The Labute approximate surface area is 238 Å². The van der Waals surface area contributed by atoms with Crippen molar-refractivity contribution in [1.82, 2.24) is 29.1 Å². The largest absolute Gasteiger partial charge is 0.394 e. The maximum absolute atomic E-state index is 15.3.